The van der Waals surface area contributed by atoms with E-state index in [2.05, 4.69) is 28.2 Å². The lowest BCUT2D eigenvalue weighted by molar-refractivity contribution is -0.120. The molecule has 0 aliphatic carbocycles. The third-order valence-corrected chi connectivity index (χ3v) is 5.58. The lowest BCUT2D eigenvalue weighted by atomic mass is 9.99. The Kier molecular flexibility index (Phi) is 4.08. The van der Waals surface area contributed by atoms with Crippen molar-refractivity contribution in [2.45, 2.75) is 6.92 Å². The van der Waals surface area contributed by atoms with Gasteiger partial charge in [0.05, 0.1) is 27.4 Å². The van der Waals surface area contributed by atoms with Gasteiger partial charge in [-0.3, -0.25) is 9.59 Å². The molecule has 1 fully saturated rings. The molecular weight excluding hydrogens is 348 g/mol. The van der Waals surface area contributed by atoms with Crippen molar-refractivity contribution in [3.63, 3.8) is 0 Å². The molecule has 2 amide bonds. The molecule has 3 N–H and O–H groups in total. The lowest BCUT2D eigenvalue weighted by Gasteiger charge is -2.38. The molecule has 26 heavy (non-hydrogen) atoms. The van der Waals surface area contributed by atoms with E-state index in [0.29, 0.717) is 24.3 Å². The molecule has 0 unspecified atom stereocenters. The van der Waals surface area contributed by atoms with E-state index in [4.69, 9.17) is 5.73 Å². The number of amides is 2. The van der Waals surface area contributed by atoms with E-state index in [-0.39, 0.29) is 11.8 Å². The minimum absolute atomic E-state index is 0.105. The predicted octanol–water partition coefficient (Wildman–Crippen LogP) is 2.78. The van der Waals surface area contributed by atoms with Crippen molar-refractivity contribution in [3.8, 4) is 0 Å². The van der Waals surface area contributed by atoms with Gasteiger partial charge in [0.25, 0.3) is 5.91 Å². The smallest absolute Gasteiger partial charge is 0.250 e. The highest BCUT2D eigenvalue weighted by Gasteiger charge is 2.34. The molecule has 7 heteroatoms. The number of carbonyl (C=O) groups excluding carboxylic acids is 2. The molecular formula is C19H18N4O2S. The van der Waals surface area contributed by atoms with E-state index in [1.54, 1.807) is 35.6 Å². The second-order valence-corrected chi connectivity index (χ2v) is 7.48. The maximum atomic E-state index is 12.5. The van der Waals surface area contributed by atoms with Crippen LogP contribution in [0.5, 0.6) is 0 Å². The average Bonchev–Trinajstić information content (AvgIpc) is 2.96. The molecule has 1 aliphatic rings. The average molecular weight is 366 g/mol. The van der Waals surface area contributed by atoms with Gasteiger partial charge in [0, 0.05) is 13.1 Å². The van der Waals surface area contributed by atoms with Crippen LogP contribution in [0, 0.1) is 12.8 Å². The monoisotopic (exact) mass is 366 g/mol. The number of rotatable bonds is 4. The van der Waals surface area contributed by atoms with Gasteiger partial charge in [0.15, 0.2) is 5.13 Å². The number of hydrogen-bond donors (Lipinski definition) is 2. The first kappa shape index (κ1) is 16.5. The summed E-state index contributed by atoms with van der Waals surface area (Å²) in [5.74, 6) is -0.794. The van der Waals surface area contributed by atoms with Crippen molar-refractivity contribution in [2.24, 2.45) is 11.7 Å². The summed E-state index contributed by atoms with van der Waals surface area (Å²) in [4.78, 5) is 30.7. The lowest BCUT2D eigenvalue weighted by Crippen LogP contribution is -2.52. The molecule has 0 bridgehead atoms. The zero-order valence-corrected chi connectivity index (χ0v) is 15.0. The zero-order valence-electron chi connectivity index (χ0n) is 14.2. The molecule has 1 saturated heterocycles. The van der Waals surface area contributed by atoms with Gasteiger partial charge < -0.3 is 16.0 Å². The third-order valence-electron chi connectivity index (χ3n) is 4.51. The molecule has 0 saturated carbocycles. The van der Waals surface area contributed by atoms with E-state index in [9.17, 15) is 9.59 Å². The maximum absolute atomic E-state index is 12.5. The number of nitrogens with zero attached hydrogens (tertiary/aromatic N) is 2. The van der Waals surface area contributed by atoms with Crippen molar-refractivity contribution in [3.05, 3.63) is 53.6 Å². The molecule has 2 aromatic carbocycles. The highest BCUT2D eigenvalue weighted by atomic mass is 32.1. The highest BCUT2D eigenvalue weighted by molar-refractivity contribution is 7.22. The van der Waals surface area contributed by atoms with Gasteiger partial charge in [0.1, 0.15) is 0 Å². The van der Waals surface area contributed by atoms with Gasteiger partial charge in [0.2, 0.25) is 5.91 Å². The van der Waals surface area contributed by atoms with E-state index in [1.165, 1.54) is 5.56 Å². The van der Waals surface area contributed by atoms with Crippen LogP contribution in [0.4, 0.5) is 10.8 Å². The summed E-state index contributed by atoms with van der Waals surface area (Å²) < 4.78 is 1.16. The topological polar surface area (TPSA) is 88.3 Å². The van der Waals surface area contributed by atoms with E-state index in [1.807, 2.05) is 12.1 Å². The number of benzene rings is 2. The van der Waals surface area contributed by atoms with Gasteiger partial charge in [-0.2, -0.15) is 0 Å². The SMILES string of the molecule is Cc1ccc2nc(N3CC(C(=O)Nc4ccccc4C(N)=O)C3)sc2c1. The van der Waals surface area contributed by atoms with Crippen LogP contribution in [0.25, 0.3) is 10.2 Å². The number of carbonyl (C=O) groups is 2. The van der Waals surface area contributed by atoms with Crippen molar-refractivity contribution in [1.29, 1.82) is 0 Å². The minimum Gasteiger partial charge on any atom is -0.366 e. The van der Waals surface area contributed by atoms with Crippen LogP contribution in [0.3, 0.4) is 0 Å². The summed E-state index contributed by atoms with van der Waals surface area (Å²) >= 11 is 1.64. The zero-order chi connectivity index (χ0) is 18.3. The van der Waals surface area contributed by atoms with Crippen molar-refractivity contribution >= 4 is 44.2 Å². The Morgan fingerprint density at radius 2 is 2.00 bits per heavy atom. The van der Waals surface area contributed by atoms with Gasteiger partial charge in [-0.25, -0.2) is 4.98 Å². The highest BCUT2D eigenvalue weighted by Crippen LogP contribution is 2.33. The number of nitrogens with one attached hydrogen (secondary N) is 1. The summed E-state index contributed by atoms with van der Waals surface area (Å²) in [5.41, 5.74) is 8.32. The summed E-state index contributed by atoms with van der Waals surface area (Å²) in [6.07, 6.45) is 0. The second-order valence-electron chi connectivity index (χ2n) is 6.47. The quantitative estimate of drug-likeness (QED) is 0.743. The Bertz CT molecular complexity index is 1010. The Morgan fingerprint density at radius 3 is 2.77 bits per heavy atom. The third kappa shape index (κ3) is 3.01. The first-order valence-corrected chi connectivity index (χ1v) is 9.15. The van der Waals surface area contributed by atoms with Gasteiger partial charge in [-0.05, 0) is 36.8 Å². The minimum atomic E-state index is -0.555. The van der Waals surface area contributed by atoms with Crippen LogP contribution in [0.15, 0.2) is 42.5 Å². The number of anilines is 2. The molecule has 1 aromatic heterocycles. The van der Waals surface area contributed by atoms with E-state index >= 15 is 0 Å². The molecule has 132 valence electrons. The number of aryl methyl sites for hydroxylation is 1. The molecule has 2 heterocycles. The van der Waals surface area contributed by atoms with Crippen LogP contribution >= 0.6 is 11.3 Å². The Balaban J connectivity index is 1.42. The first-order valence-electron chi connectivity index (χ1n) is 8.33. The number of hydrogen-bond acceptors (Lipinski definition) is 5. The fraction of sp³-hybridized carbons (Fsp3) is 0.211. The maximum Gasteiger partial charge on any atom is 0.250 e. The largest absolute Gasteiger partial charge is 0.366 e. The Hall–Kier alpha value is -2.93. The number of primary amides is 1. The Labute approximate surface area is 154 Å². The summed E-state index contributed by atoms with van der Waals surface area (Å²) in [5, 5.41) is 3.75. The van der Waals surface area contributed by atoms with Crippen LogP contribution in [-0.4, -0.2) is 29.9 Å². The van der Waals surface area contributed by atoms with Gasteiger partial charge in [-0.1, -0.05) is 29.5 Å². The van der Waals surface area contributed by atoms with Crippen LogP contribution in [0.2, 0.25) is 0 Å². The second kappa shape index (κ2) is 6.42. The molecule has 0 radical (unpaired) electrons. The molecule has 4 rings (SSSR count). The molecule has 6 nitrogen and oxygen atoms in total. The summed E-state index contributed by atoms with van der Waals surface area (Å²) in [6, 6.07) is 13.0. The van der Waals surface area contributed by atoms with Crippen molar-refractivity contribution in [1.82, 2.24) is 4.98 Å². The first-order chi connectivity index (χ1) is 12.5. The molecule has 1 aliphatic heterocycles. The molecule has 3 aromatic rings. The van der Waals surface area contributed by atoms with Gasteiger partial charge >= 0.3 is 0 Å². The summed E-state index contributed by atoms with van der Waals surface area (Å²) in [7, 11) is 0. The van der Waals surface area contributed by atoms with Crippen molar-refractivity contribution in [2.75, 3.05) is 23.3 Å². The van der Waals surface area contributed by atoms with E-state index < -0.39 is 5.91 Å². The van der Waals surface area contributed by atoms with E-state index in [0.717, 1.165) is 15.3 Å². The summed E-state index contributed by atoms with van der Waals surface area (Å²) in [6.45, 7) is 3.29. The standard InChI is InChI=1S/C19H18N4O2S/c1-11-6-7-15-16(8-11)26-19(22-15)23-9-12(10-23)18(25)21-14-5-3-2-4-13(14)17(20)24/h2-8,12H,9-10H2,1H3,(H2,20,24)(H,21,25). The number of para-hydroxylation sites is 1. The van der Waals surface area contributed by atoms with Crippen molar-refractivity contribution < 1.29 is 9.59 Å². The fourth-order valence-corrected chi connectivity index (χ4v) is 4.08. The van der Waals surface area contributed by atoms with Crippen LogP contribution in [0.1, 0.15) is 15.9 Å². The number of fused-ring (bicyclic) bond motifs is 1. The number of thiazole rings is 1. The number of aromatic nitrogens is 1. The predicted molar refractivity (Wildman–Crippen MR) is 104 cm³/mol. The number of nitrogens with two attached hydrogens (primary N) is 1. The van der Waals surface area contributed by atoms with Crippen LogP contribution < -0.4 is 16.0 Å². The Morgan fingerprint density at radius 1 is 1.23 bits per heavy atom. The van der Waals surface area contributed by atoms with Crippen LogP contribution in [-0.2, 0) is 4.79 Å². The molecule has 0 atom stereocenters. The van der Waals surface area contributed by atoms with Gasteiger partial charge in [-0.15, -0.1) is 0 Å². The molecule has 0 spiro atoms. The fourth-order valence-electron chi connectivity index (χ4n) is 3.00. The normalized spacial score (nSPS) is 14.3.